The van der Waals surface area contributed by atoms with Gasteiger partial charge in [0.2, 0.25) is 10.0 Å². The maximum atomic E-state index is 12.2. The Morgan fingerprint density at radius 3 is 2.62 bits per heavy atom. The summed E-state index contributed by atoms with van der Waals surface area (Å²) in [5.74, 6) is 0. The van der Waals surface area contributed by atoms with E-state index in [1.807, 2.05) is 11.9 Å². The maximum Gasteiger partial charge on any atom is 0.242 e. The van der Waals surface area contributed by atoms with Crippen LogP contribution < -0.4 is 15.4 Å². The van der Waals surface area contributed by atoms with Crippen LogP contribution in [0.2, 0.25) is 0 Å². The molecule has 2 rings (SSSR count). The molecule has 1 saturated carbocycles. The van der Waals surface area contributed by atoms with Gasteiger partial charge in [0.25, 0.3) is 0 Å². The molecular weight excluding hydrogens is 290 g/mol. The van der Waals surface area contributed by atoms with Crippen molar-refractivity contribution in [2.75, 3.05) is 24.7 Å². The number of rotatable bonds is 4. The second kappa shape index (κ2) is 6.21. The van der Waals surface area contributed by atoms with Crippen LogP contribution in [0.3, 0.4) is 0 Å². The summed E-state index contributed by atoms with van der Waals surface area (Å²) in [6.07, 6.45) is 3.20. The lowest BCUT2D eigenvalue weighted by Crippen LogP contribution is -2.44. The molecule has 7 heteroatoms. The fourth-order valence-corrected chi connectivity index (χ4v) is 3.87. The Morgan fingerprint density at radius 2 is 2.00 bits per heavy atom. The van der Waals surface area contributed by atoms with E-state index in [2.05, 4.69) is 4.72 Å². The van der Waals surface area contributed by atoms with Gasteiger partial charge in [0.1, 0.15) is 4.90 Å². The number of nitrogens with one attached hydrogen (secondary N) is 1. The van der Waals surface area contributed by atoms with Crippen molar-refractivity contribution in [1.82, 2.24) is 4.72 Å². The minimum atomic E-state index is -3.61. The van der Waals surface area contributed by atoms with Crippen molar-refractivity contribution >= 4 is 21.4 Å². The fourth-order valence-electron chi connectivity index (χ4n) is 2.87. The number of likely N-dealkylation sites (N-methyl/N-ethyl adjacent to an activating group) is 1. The van der Waals surface area contributed by atoms with Gasteiger partial charge in [-0.1, -0.05) is 12.8 Å². The normalized spacial score (nSPS) is 23.0. The molecule has 4 N–H and O–H groups in total. The standard InChI is InChI=1S/C14H23N3O3S/c1-16-21(19,20)14-9-10(15)7-8-12(14)17(2)11-5-3-4-6-13(11)18/h7-9,11,13,16,18H,3-6,15H2,1-2H3. The van der Waals surface area contributed by atoms with Gasteiger partial charge in [-0.25, -0.2) is 13.1 Å². The molecule has 0 radical (unpaired) electrons. The molecular formula is C14H23N3O3S. The van der Waals surface area contributed by atoms with Crippen LogP contribution in [0.15, 0.2) is 23.1 Å². The van der Waals surface area contributed by atoms with Crippen LogP contribution in [0.1, 0.15) is 25.7 Å². The van der Waals surface area contributed by atoms with E-state index >= 15 is 0 Å². The molecule has 0 heterocycles. The highest BCUT2D eigenvalue weighted by Gasteiger charge is 2.29. The summed E-state index contributed by atoms with van der Waals surface area (Å²) >= 11 is 0. The fraction of sp³-hybridized carbons (Fsp3) is 0.571. The predicted octanol–water partition coefficient (Wildman–Crippen LogP) is 0.917. The van der Waals surface area contributed by atoms with Crippen molar-refractivity contribution in [3.05, 3.63) is 18.2 Å². The number of nitrogen functional groups attached to an aromatic ring is 1. The van der Waals surface area contributed by atoms with Crippen molar-refractivity contribution < 1.29 is 13.5 Å². The van der Waals surface area contributed by atoms with E-state index < -0.39 is 16.1 Å². The highest BCUT2D eigenvalue weighted by atomic mass is 32.2. The summed E-state index contributed by atoms with van der Waals surface area (Å²) < 4.78 is 26.7. The van der Waals surface area contributed by atoms with Gasteiger partial charge in [0.05, 0.1) is 17.8 Å². The molecule has 1 fully saturated rings. The molecule has 1 aliphatic rings. The first kappa shape index (κ1) is 16.1. The van der Waals surface area contributed by atoms with Crippen LogP contribution in [0, 0.1) is 0 Å². The van der Waals surface area contributed by atoms with E-state index in [0.717, 1.165) is 25.7 Å². The third-order valence-electron chi connectivity index (χ3n) is 4.11. The summed E-state index contributed by atoms with van der Waals surface area (Å²) in [6, 6.07) is 4.75. The van der Waals surface area contributed by atoms with Crippen LogP contribution in [0.5, 0.6) is 0 Å². The van der Waals surface area contributed by atoms with E-state index in [0.29, 0.717) is 11.4 Å². The zero-order valence-electron chi connectivity index (χ0n) is 12.4. The van der Waals surface area contributed by atoms with E-state index in [1.165, 1.54) is 13.1 Å². The monoisotopic (exact) mass is 313 g/mol. The second-order valence-corrected chi connectivity index (χ2v) is 7.32. The quantitative estimate of drug-likeness (QED) is 0.718. The first-order valence-electron chi connectivity index (χ1n) is 7.11. The van der Waals surface area contributed by atoms with Gasteiger partial charge in [-0.2, -0.15) is 0 Å². The maximum absolute atomic E-state index is 12.2. The number of anilines is 2. The number of aliphatic hydroxyl groups excluding tert-OH is 1. The molecule has 0 bridgehead atoms. The van der Waals surface area contributed by atoms with E-state index in [1.54, 1.807) is 12.1 Å². The predicted molar refractivity (Wildman–Crippen MR) is 83.8 cm³/mol. The molecule has 21 heavy (non-hydrogen) atoms. The van der Waals surface area contributed by atoms with E-state index in [9.17, 15) is 13.5 Å². The zero-order chi connectivity index (χ0) is 15.6. The zero-order valence-corrected chi connectivity index (χ0v) is 13.2. The molecule has 0 spiro atoms. The average Bonchev–Trinajstić information content (AvgIpc) is 2.47. The molecule has 1 aliphatic carbocycles. The van der Waals surface area contributed by atoms with Crippen molar-refractivity contribution in [2.45, 2.75) is 42.7 Å². The summed E-state index contributed by atoms with van der Waals surface area (Å²) in [7, 11) is -0.414. The molecule has 6 nitrogen and oxygen atoms in total. The number of sulfonamides is 1. The van der Waals surface area contributed by atoms with Crippen LogP contribution >= 0.6 is 0 Å². The molecule has 2 atom stereocenters. The number of hydrogen-bond acceptors (Lipinski definition) is 5. The molecule has 1 aromatic carbocycles. The number of aliphatic hydroxyl groups is 1. The topological polar surface area (TPSA) is 95.7 Å². The summed E-state index contributed by atoms with van der Waals surface area (Å²) in [4.78, 5) is 2.00. The number of hydrogen-bond donors (Lipinski definition) is 3. The summed E-state index contributed by atoms with van der Waals surface area (Å²) in [5, 5.41) is 10.2. The Balaban J connectivity index is 2.43. The van der Waals surface area contributed by atoms with E-state index in [-0.39, 0.29) is 10.9 Å². The van der Waals surface area contributed by atoms with E-state index in [4.69, 9.17) is 5.73 Å². The van der Waals surface area contributed by atoms with Crippen LogP contribution in [-0.4, -0.2) is 39.8 Å². The van der Waals surface area contributed by atoms with Gasteiger partial charge >= 0.3 is 0 Å². The van der Waals surface area contributed by atoms with Crippen LogP contribution in [0.25, 0.3) is 0 Å². The third kappa shape index (κ3) is 3.30. The summed E-state index contributed by atoms with van der Waals surface area (Å²) in [6.45, 7) is 0. The first-order valence-corrected chi connectivity index (χ1v) is 8.59. The lowest BCUT2D eigenvalue weighted by molar-refractivity contribution is 0.106. The van der Waals surface area contributed by atoms with Gasteiger partial charge in [0.15, 0.2) is 0 Å². The molecule has 0 aromatic heterocycles. The SMILES string of the molecule is CNS(=O)(=O)c1cc(N)ccc1N(C)C1CCCCC1O. The average molecular weight is 313 g/mol. The molecule has 2 unspecified atom stereocenters. The molecule has 0 aliphatic heterocycles. The van der Waals surface area contributed by atoms with Gasteiger partial charge in [-0.05, 0) is 38.1 Å². The summed E-state index contributed by atoms with van der Waals surface area (Å²) in [5.41, 5.74) is 6.68. The highest BCUT2D eigenvalue weighted by Crippen LogP contribution is 2.32. The number of nitrogens with zero attached hydrogens (tertiary/aromatic N) is 1. The Morgan fingerprint density at radius 1 is 1.33 bits per heavy atom. The lowest BCUT2D eigenvalue weighted by Gasteiger charge is -2.37. The Bertz CT molecular complexity index is 603. The number of benzene rings is 1. The number of nitrogens with two attached hydrogens (primary N) is 1. The molecule has 0 amide bonds. The molecule has 0 saturated heterocycles. The minimum Gasteiger partial charge on any atom is -0.399 e. The molecule has 1 aromatic rings. The first-order chi connectivity index (χ1) is 9.86. The van der Waals surface area contributed by atoms with Crippen molar-refractivity contribution in [2.24, 2.45) is 0 Å². The van der Waals surface area contributed by atoms with Crippen LogP contribution in [0.4, 0.5) is 11.4 Å². The van der Waals surface area contributed by atoms with Gasteiger partial charge in [-0.15, -0.1) is 0 Å². The van der Waals surface area contributed by atoms with Crippen LogP contribution in [-0.2, 0) is 10.0 Å². The second-order valence-electron chi connectivity index (χ2n) is 5.46. The smallest absolute Gasteiger partial charge is 0.242 e. The van der Waals surface area contributed by atoms with Gasteiger partial charge in [0, 0.05) is 12.7 Å². The van der Waals surface area contributed by atoms with Crippen molar-refractivity contribution in [3.63, 3.8) is 0 Å². The van der Waals surface area contributed by atoms with Crippen molar-refractivity contribution in [3.8, 4) is 0 Å². The Kier molecular flexibility index (Phi) is 4.75. The molecule has 118 valence electrons. The highest BCUT2D eigenvalue weighted by molar-refractivity contribution is 7.89. The lowest BCUT2D eigenvalue weighted by atomic mass is 9.91. The Labute approximate surface area is 126 Å². The third-order valence-corrected chi connectivity index (χ3v) is 5.56. The van der Waals surface area contributed by atoms with Gasteiger partial charge < -0.3 is 15.7 Å². The van der Waals surface area contributed by atoms with Gasteiger partial charge in [-0.3, -0.25) is 0 Å². The van der Waals surface area contributed by atoms with Crippen molar-refractivity contribution in [1.29, 1.82) is 0 Å². The Hall–Kier alpha value is -1.31. The largest absolute Gasteiger partial charge is 0.399 e. The minimum absolute atomic E-state index is 0.0758.